The van der Waals surface area contributed by atoms with Gasteiger partial charge in [-0.05, 0) is 12.1 Å². The Kier molecular flexibility index (Phi) is 5.23. The molecule has 6 nitrogen and oxygen atoms in total. The van der Waals surface area contributed by atoms with Crippen LogP contribution in [0.2, 0.25) is 10.0 Å². The summed E-state index contributed by atoms with van der Waals surface area (Å²) in [5.74, 6) is 2.42. The number of aromatic nitrogens is 4. The van der Waals surface area contributed by atoms with E-state index >= 15 is 0 Å². The average Bonchev–Trinajstić information content (AvgIpc) is 3.03. The number of nitrogen functional groups attached to an aromatic ring is 1. The molecule has 24 heavy (non-hydrogen) atoms. The molecule has 0 saturated carbocycles. The van der Waals surface area contributed by atoms with E-state index in [0.717, 1.165) is 0 Å². The monoisotopic (exact) mass is 381 g/mol. The largest absolute Gasteiger partial charge is 0.440 e. The summed E-state index contributed by atoms with van der Waals surface area (Å²) in [7, 11) is 0. The van der Waals surface area contributed by atoms with E-state index in [4.69, 9.17) is 33.4 Å². The number of rotatable bonds is 5. The lowest BCUT2D eigenvalue weighted by atomic mass is 10.2. The lowest BCUT2D eigenvalue weighted by Gasteiger charge is -2.02. The number of thioether (sulfide) groups is 1. The zero-order chi connectivity index (χ0) is 17.1. The van der Waals surface area contributed by atoms with E-state index in [0.29, 0.717) is 50.4 Å². The first kappa shape index (κ1) is 17.0. The van der Waals surface area contributed by atoms with Crippen molar-refractivity contribution in [2.24, 2.45) is 0 Å². The number of hydrogen-bond acceptors (Lipinski definition) is 7. The second-order valence-electron chi connectivity index (χ2n) is 4.75. The van der Waals surface area contributed by atoms with Crippen LogP contribution < -0.4 is 5.73 Å². The molecule has 9 heteroatoms. The molecule has 3 rings (SSSR count). The molecule has 124 valence electrons. The Labute approximate surface area is 152 Å². The molecule has 1 aromatic carbocycles. The number of anilines is 1. The molecule has 0 bridgehead atoms. The average molecular weight is 382 g/mol. The van der Waals surface area contributed by atoms with Gasteiger partial charge in [0.1, 0.15) is 5.82 Å². The first-order chi connectivity index (χ1) is 11.6. The van der Waals surface area contributed by atoms with Crippen molar-refractivity contribution in [1.82, 2.24) is 19.9 Å². The van der Waals surface area contributed by atoms with Gasteiger partial charge in [-0.15, -0.1) is 0 Å². The van der Waals surface area contributed by atoms with E-state index in [-0.39, 0.29) is 5.95 Å². The number of halogens is 2. The maximum atomic E-state index is 6.19. The van der Waals surface area contributed by atoms with Crippen LogP contribution >= 0.6 is 35.0 Å². The number of aryl methyl sites for hydroxylation is 1. The third-order valence-electron chi connectivity index (χ3n) is 3.09. The number of nitrogens with zero attached hydrogens (tertiary/aromatic N) is 4. The van der Waals surface area contributed by atoms with Gasteiger partial charge in [0.2, 0.25) is 11.8 Å². The Hall–Kier alpha value is -1.83. The summed E-state index contributed by atoms with van der Waals surface area (Å²) >= 11 is 13.6. The van der Waals surface area contributed by atoms with Crippen LogP contribution in [-0.2, 0) is 12.2 Å². The van der Waals surface area contributed by atoms with Crippen LogP contribution in [0.25, 0.3) is 11.3 Å². The fourth-order valence-electron chi connectivity index (χ4n) is 1.96. The molecule has 0 aliphatic rings. The molecule has 0 atom stereocenters. The molecule has 0 aliphatic carbocycles. The van der Waals surface area contributed by atoms with Crippen LogP contribution in [0, 0.1) is 0 Å². The van der Waals surface area contributed by atoms with Crippen LogP contribution in [0.4, 0.5) is 5.95 Å². The SMILES string of the molecule is CCc1nc(N)nc(SCc2ncc(-c3cccc(Cl)c3Cl)o2)n1. The predicted octanol–water partition coefficient (Wildman–Crippen LogP) is 4.27. The standard InChI is InChI=1S/C15H13Cl2N5OS/c1-2-11-20-14(18)22-15(21-11)24-7-12-19-6-10(23-12)8-4-3-5-9(16)13(8)17/h3-6H,2,7H2,1H3,(H2,18,20,21,22). The molecule has 2 heterocycles. The molecule has 0 unspecified atom stereocenters. The minimum Gasteiger partial charge on any atom is -0.440 e. The summed E-state index contributed by atoms with van der Waals surface area (Å²) in [6.07, 6.45) is 2.31. The minimum absolute atomic E-state index is 0.211. The van der Waals surface area contributed by atoms with E-state index < -0.39 is 0 Å². The van der Waals surface area contributed by atoms with Crippen LogP contribution in [0.3, 0.4) is 0 Å². The molecule has 0 amide bonds. The van der Waals surface area contributed by atoms with Gasteiger partial charge < -0.3 is 10.2 Å². The number of nitrogens with two attached hydrogens (primary N) is 1. The molecule has 2 aromatic heterocycles. The summed E-state index contributed by atoms with van der Waals surface area (Å²) in [4.78, 5) is 16.7. The zero-order valence-electron chi connectivity index (χ0n) is 12.7. The molecule has 0 fully saturated rings. The Morgan fingerprint density at radius 2 is 2.04 bits per heavy atom. The topological polar surface area (TPSA) is 90.7 Å². The first-order valence-corrected chi connectivity index (χ1v) is 8.83. The van der Waals surface area contributed by atoms with Crippen molar-refractivity contribution in [3.8, 4) is 11.3 Å². The van der Waals surface area contributed by atoms with E-state index in [1.165, 1.54) is 11.8 Å². The van der Waals surface area contributed by atoms with Crippen LogP contribution in [0.1, 0.15) is 18.6 Å². The summed E-state index contributed by atoms with van der Waals surface area (Å²) in [5.41, 5.74) is 6.37. The minimum atomic E-state index is 0.211. The van der Waals surface area contributed by atoms with Crippen LogP contribution in [0.15, 0.2) is 34.0 Å². The highest BCUT2D eigenvalue weighted by Gasteiger charge is 2.13. The second kappa shape index (κ2) is 7.38. The van der Waals surface area contributed by atoms with Gasteiger partial charge in [-0.25, -0.2) is 9.97 Å². The molecular weight excluding hydrogens is 369 g/mol. The number of benzene rings is 1. The zero-order valence-corrected chi connectivity index (χ0v) is 15.0. The van der Waals surface area contributed by atoms with Gasteiger partial charge in [0.25, 0.3) is 0 Å². The van der Waals surface area contributed by atoms with Crippen molar-refractivity contribution in [1.29, 1.82) is 0 Å². The Morgan fingerprint density at radius 3 is 2.83 bits per heavy atom. The van der Waals surface area contributed by atoms with Crippen molar-refractivity contribution in [2.75, 3.05) is 5.73 Å². The Bertz CT molecular complexity index is 871. The van der Waals surface area contributed by atoms with E-state index in [9.17, 15) is 0 Å². The van der Waals surface area contributed by atoms with Gasteiger partial charge in [-0.1, -0.05) is 48.0 Å². The van der Waals surface area contributed by atoms with Gasteiger partial charge in [-0.3, -0.25) is 0 Å². The summed E-state index contributed by atoms with van der Waals surface area (Å²) in [6, 6.07) is 5.35. The van der Waals surface area contributed by atoms with Crippen molar-refractivity contribution in [2.45, 2.75) is 24.3 Å². The van der Waals surface area contributed by atoms with Gasteiger partial charge >= 0.3 is 0 Å². The maximum Gasteiger partial charge on any atom is 0.224 e. The van der Waals surface area contributed by atoms with Crippen LogP contribution in [-0.4, -0.2) is 19.9 Å². The summed E-state index contributed by atoms with van der Waals surface area (Å²) in [5, 5.41) is 1.45. The van der Waals surface area contributed by atoms with Gasteiger partial charge in [0.05, 0.1) is 22.0 Å². The molecule has 0 radical (unpaired) electrons. The number of hydrogen-bond donors (Lipinski definition) is 1. The summed E-state index contributed by atoms with van der Waals surface area (Å²) < 4.78 is 5.74. The Morgan fingerprint density at radius 1 is 1.21 bits per heavy atom. The second-order valence-corrected chi connectivity index (χ2v) is 6.48. The lowest BCUT2D eigenvalue weighted by Crippen LogP contribution is -2.03. The fraction of sp³-hybridized carbons (Fsp3) is 0.200. The molecule has 0 spiro atoms. The highest BCUT2D eigenvalue weighted by molar-refractivity contribution is 7.98. The lowest BCUT2D eigenvalue weighted by molar-refractivity contribution is 0.530. The predicted molar refractivity (Wildman–Crippen MR) is 95.1 cm³/mol. The summed E-state index contributed by atoms with van der Waals surface area (Å²) in [6.45, 7) is 1.96. The fourth-order valence-corrected chi connectivity index (χ4v) is 3.07. The Balaban J connectivity index is 1.75. The van der Waals surface area contributed by atoms with Gasteiger partial charge in [0.15, 0.2) is 10.9 Å². The molecule has 3 aromatic rings. The maximum absolute atomic E-state index is 6.19. The first-order valence-electron chi connectivity index (χ1n) is 7.09. The van der Waals surface area contributed by atoms with Crippen molar-refractivity contribution in [3.05, 3.63) is 46.2 Å². The van der Waals surface area contributed by atoms with E-state index in [2.05, 4.69) is 19.9 Å². The molecule has 2 N–H and O–H groups in total. The van der Waals surface area contributed by atoms with E-state index in [1.54, 1.807) is 18.3 Å². The number of oxazole rings is 1. The third kappa shape index (κ3) is 3.80. The van der Waals surface area contributed by atoms with Crippen LogP contribution in [0.5, 0.6) is 0 Å². The quantitative estimate of drug-likeness (QED) is 0.659. The van der Waals surface area contributed by atoms with E-state index in [1.807, 2.05) is 13.0 Å². The van der Waals surface area contributed by atoms with Crippen molar-refractivity contribution in [3.63, 3.8) is 0 Å². The molecule has 0 saturated heterocycles. The highest BCUT2D eigenvalue weighted by atomic mass is 35.5. The molecular formula is C15H13Cl2N5OS. The van der Waals surface area contributed by atoms with Crippen molar-refractivity contribution < 1.29 is 4.42 Å². The highest BCUT2D eigenvalue weighted by Crippen LogP contribution is 2.34. The van der Waals surface area contributed by atoms with Crippen molar-refractivity contribution >= 4 is 40.9 Å². The molecule has 0 aliphatic heterocycles. The smallest absolute Gasteiger partial charge is 0.224 e. The third-order valence-corrected chi connectivity index (χ3v) is 4.74. The van der Waals surface area contributed by atoms with Gasteiger partial charge in [-0.2, -0.15) is 9.97 Å². The van der Waals surface area contributed by atoms with Gasteiger partial charge in [0, 0.05) is 12.0 Å². The normalized spacial score (nSPS) is 11.0.